The molecule has 4 nitrogen and oxygen atoms in total. The van der Waals surface area contributed by atoms with Gasteiger partial charge in [-0.3, -0.25) is 9.69 Å². The van der Waals surface area contributed by atoms with Crippen LogP contribution >= 0.6 is 27.3 Å². The molecule has 1 aromatic rings. The van der Waals surface area contributed by atoms with Crippen LogP contribution in [0.5, 0.6) is 0 Å². The number of aliphatic hydroxyl groups is 1. The first-order valence-corrected chi connectivity index (χ1v) is 8.25. The van der Waals surface area contributed by atoms with Gasteiger partial charge in [-0.2, -0.15) is 0 Å². The van der Waals surface area contributed by atoms with E-state index < -0.39 is 5.60 Å². The number of halogens is 1. The Labute approximate surface area is 133 Å². The molecule has 20 heavy (non-hydrogen) atoms. The molecule has 0 aliphatic rings. The van der Waals surface area contributed by atoms with Crippen molar-refractivity contribution in [3.05, 3.63) is 20.8 Å². The van der Waals surface area contributed by atoms with Crippen LogP contribution in [0, 0.1) is 0 Å². The van der Waals surface area contributed by atoms with Gasteiger partial charge in [0, 0.05) is 18.0 Å². The predicted molar refractivity (Wildman–Crippen MR) is 86.9 cm³/mol. The lowest BCUT2D eigenvalue weighted by molar-refractivity contribution is -0.133. The van der Waals surface area contributed by atoms with Crippen molar-refractivity contribution >= 4 is 33.2 Å². The van der Waals surface area contributed by atoms with Gasteiger partial charge in [-0.05, 0) is 55.9 Å². The van der Waals surface area contributed by atoms with Gasteiger partial charge in [-0.25, -0.2) is 0 Å². The first-order valence-electron chi connectivity index (χ1n) is 6.64. The van der Waals surface area contributed by atoms with E-state index in [2.05, 4.69) is 15.9 Å². The number of thiophene rings is 1. The van der Waals surface area contributed by atoms with Crippen molar-refractivity contribution in [3.63, 3.8) is 0 Å². The molecule has 0 unspecified atom stereocenters. The summed E-state index contributed by atoms with van der Waals surface area (Å²) in [7, 11) is 1.85. The third kappa shape index (κ3) is 6.35. The molecule has 1 N–H and O–H groups in total. The van der Waals surface area contributed by atoms with Crippen molar-refractivity contribution in [2.24, 2.45) is 0 Å². The van der Waals surface area contributed by atoms with Crippen molar-refractivity contribution < 1.29 is 9.90 Å². The quantitative estimate of drug-likeness (QED) is 0.810. The smallest absolute Gasteiger partial charge is 0.237 e. The maximum Gasteiger partial charge on any atom is 0.237 e. The number of hydrogen-bond acceptors (Lipinski definition) is 4. The van der Waals surface area contributed by atoms with Gasteiger partial charge >= 0.3 is 0 Å². The SMILES string of the molecule is CCN(Cc1ccc(Br)s1)C(=O)CN(C)CC(C)(C)O. The number of carbonyl (C=O) groups excluding carboxylic acids is 1. The van der Waals surface area contributed by atoms with Gasteiger partial charge in [0.1, 0.15) is 0 Å². The monoisotopic (exact) mass is 362 g/mol. The summed E-state index contributed by atoms with van der Waals surface area (Å²) in [6.45, 7) is 7.60. The lowest BCUT2D eigenvalue weighted by atomic mass is 10.1. The summed E-state index contributed by atoms with van der Waals surface area (Å²) in [5.41, 5.74) is -0.787. The zero-order valence-corrected chi connectivity index (χ0v) is 14.9. The zero-order valence-electron chi connectivity index (χ0n) is 12.5. The molecule has 0 radical (unpaired) electrons. The Bertz CT molecular complexity index is 443. The average molecular weight is 363 g/mol. The summed E-state index contributed by atoms with van der Waals surface area (Å²) in [4.78, 5) is 17.1. The molecule has 1 rings (SSSR count). The Hall–Kier alpha value is -0.430. The van der Waals surface area contributed by atoms with Crippen LogP contribution in [0.2, 0.25) is 0 Å². The van der Waals surface area contributed by atoms with Gasteiger partial charge in [0.25, 0.3) is 0 Å². The molecule has 1 heterocycles. The molecule has 0 aliphatic heterocycles. The van der Waals surface area contributed by atoms with E-state index in [-0.39, 0.29) is 5.91 Å². The number of amides is 1. The van der Waals surface area contributed by atoms with Crippen molar-refractivity contribution in [2.45, 2.75) is 32.9 Å². The van der Waals surface area contributed by atoms with Gasteiger partial charge in [-0.1, -0.05) is 0 Å². The topological polar surface area (TPSA) is 43.8 Å². The van der Waals surface area contributed by atoms with Gasteiger partial charge in [0.15, 0.2) is 0 Å². The first kappa shape index (κ1) is 17.6. The third-order valence-corrected chi connectivity index (χ3v) is 4.38. The van der Waals surface area contributed by atoms with Crippen molar-refractivity contribution in [3.8, 4) is 0 Å². The van der Waals surface area contributed by atoms with E-state index in [1.807, 2.05) is 35.9 Å². The van der Waals surface area contributed by atoms with Crippen LogP contribution in [-0.2, 0) is 11.3 Å². The second-order valence-corrected chi connectivity index (χ2v) is 8.15. The van der Waals surface area contributed by atoms with Crippen LogP contribution in [0.15, 0.2) is 15.9 Å². The molecule has 0 atom stereocenters. The highest BCUT2D eigenvalue weighted by molar-refractivity contribution is 9.11. The lowest BCUT2D eigenvalue weighted by Gasteiger charge is -2.27. The molecule has 0 fully saturated rings. The highest BCUT2D eigenvalue weighted by Crippen LogP contribution is 2.23. The van der Waals surface area contributed by atoms with Crippen LogP contribution < -0.4 is 0 Å². The van der Waals surface area contributed by atoms with Gasteiger partial charge in [0.2, 0.25) is 5.91 Å². The summed E-state index contributed by atoms with van der Waals surface area (Å²) in [6.07, 6.45) is 0. The number of rotatable bonds is 7. The van der Waals surface area contributed by atoms with Crippen molar-refractivity contribution in [2.75, 3.05) is 26.7 Å². The van der Waals surface area contributed by atoms with Crippen molar-refractivity contribution in [1.29, 1.82) is 0 Å². The first-order chi connectivity index (χ1) is 9.21. The second-order valence-electron chi connectivity index (χ2n) is 5.60. The molecule has 0 saturated carbocycles. The van der Waals surface area contributed by atoms with E-state index in [4.69, 9.17) is 0 Å². The third-order valence-electron chi connectivity index (χ3n) is 2.77. The number of likely N-dealkylation sites (N-methyl/N-ethyl adjacent to an activating group) is 2. The van der Waals surface area contributed by atoms with E-state index in [0.717, 1.165) is 8.66 Å². The molecule has 0 bridgehead atoms. The molecule has 114 valence electrons. The largest absolute Gasteiger partial charge is 0.389 e. The van der Waals surface area contributed by atoms with Crippen LogP contribution in [0.3, 0.4) is 0 Å². The summed E-state index contributed by atoms with van der Waals surface area (Å²) >= 11 is 5.08. The zero-order chi connectivity index (χ0) is 15.3. The second kappa shape index (κ2) is 7.54. The molecule has 6 heteroatoms. The summed E-state index contributed by atoms with van der Waals surface area (Å²) in [6, 6.07) is 4.03. The van der Waals surface area contributed by atoms with Gasteiger partial charge in [-0.15, -0.1) is 11.3 Å². The standard InChI is InChI=1S/C14H23BrN2O2S/c1-5-17(8-11-6-7-12(15)20-11)13(18)9-16(4)10-14(2,3)19/h6-7,19H,5,8-10H2,1-4H3. The fraction of sp³-hybridized carbons (Fsp3) is 0.643. The van der Waals surface area contributed by atoms with Crippen LogP contribution in [0.4, 0.5) is 0 Å². The average Bonchev–Trinajstić information content (AvgIpc) is 2.68. The number of nitrogens with zero attached hydrogens (tertiary/aromatic N) is 2. The number of hydrogen-bond donors (Lipinski definition) is 1. The highest BCUT2D eigenvalue weighted by atomic mass is 79.9. The van der Waals surface area contributed by atoms with Gasteiger partial charge in [0.05, 0.1) is 22.5 Å². The van der Waals surface area contributed by atoms with Gasteiger partial charge < -0.3 is 10.0 Å². The van der Waals surface area contributed by atoms with E-state index in [0.29, 0.717) is 26.2 Å². The minimum absolute atomic E-state index is 0.0868. The molecule has 0 aliphatic carbocycles. The molecular weight excluding hydrogens is 340 g/mol. The Morgan fingerprint density at radius 2 is 2.10 bits per heavy atom. The van der Waals surface area contributed by atoms with E-state index in [9.17, 15) is 9.90 Å². The highest BCUT2D eigenvalue weighted by Gasteiger charge is 2.20. The molecule has 1 amide bonds. The molecule has 0 saturated heterocycles. The maximum absolute atomic E-state index is 12.3. The molecule has 0 aromatic carbocycles. The maximum atomic E-state index is 12.3. The van der Waals surface area contributed by atoms with E-state index in [1.54, 1.807) is 25.2 Å². The van der Waals surface area contributed by atoms with Crippen LogP contribution in [-0.4, -0.2) is 53.1 Å². The number of carbonyl (C=O) groups is 1. The predicted octanol–water partition coefficient (Wildman–Crippen LogP) is 2.56. The lowest BCUT2D eigenvalue weighted by Crippen LogP contribution is -2.43. The fourth-order valence-corrected chi connectivity index (χ4v) is 3.55. The summed E-state index contributed by atoms with van der Waals surface area (Å²) < 4.78 is 1.08. The Balaban J connectivity index is 2.54. The van der Waals surface area contributed by atoms with E-state index >= 15 is 0 Å². The normalized spacial score (nSPS) is 11.9. The Kier molecular flexibility index (Phi) is 6.64. The van der Waals surface area contributed by atoms with Crippen molar-refractivity contribution in [1.82, 2.24) is 9.80 Å². The summed E-state index contributed by atoms with van der Waals surface area (Å²) in [5, 5.41) is 9.76. The van der Waals surface area contributed by atoms with Crippen LogP contribution in [0.25, 0.3) is 0 Å². The van der Waals surface area contributed by atoms with Crippen LogP contribution in [0.1, 0.15) is 25.6 Å². The molecule has 1 aromatic heterocycles. The molecular formula is C14H23BrN2O2S. The minimum Gasteiger partial charge on any atom is -0.389 e. The Morgan fingerprint density at radius 1 is 1.45 bits per heavy atom. The molecule has 0 spiro atoms. The summed E-state index contributed by atoms with van der Waals surface area (Å²) in [5.74, 6) is 0.0868. The van der Waals surface area contributed by atoms with E-state index in [1.165, 1.54) is 0 Å². The minimum atomic E-state index is -0.787. The Morgan fingerprint density at radius 3 is 2.55 bits per heavy atom. The fourth-order valence-electron chi connectivity index (χ4n) is 2.05.